The van der Waals surface area contributed by atoms with Crippen molar-refractivity contribution in [1.82, 2.24) is 14.9 Å². The summed E-state index contributed by atoms with van der Waals surface area (Å²) >= 11 is 1.64. The van der Waals surface area contributed by atoms with Gasteiger partial charge in [0.05, 0.1) is 12.4 Å². The number of piperazine rings is 1. The number of thiophene rings is 1. The van der Waals surface area contributed by atoms with Crippen molar-refractivity contribution in [3.05, 3.63) is 40.1 Å². The number of carbonyl (C=O) groups excluding carboxylic acids is 2. The first-order valence-corrected chi connectivity index (χ1v) is 8.51. The van der Waals surface area contributed by atoms with Crippen LogP contribution in [0.4, 0.5) is 10.3 Å². The third kappa shape index (κ3) is 3.59. The Morgan fingerprint density at radius 3 is 2.71 bits per heavy atom. The van der Waals surface area contributed by atoms with Gasteiger partial charge < -0.3 is 4.90 Å². The monoisotopic (exact) mass is 348 g/mol. The van der Waals surface area contributed by atoms with Crippen molar-refractivity contribution >= 4 is 29.1 Å². The van der Waals surface area contributed by atoms with Crippen molar-refractivity contribution < 1.29 is 14.0 Å². The Hall–Kier alpha value is -2.35. The van der Waals surface area contributed by atoms with Gasteiger partial charge >= 0.3 is 0 Å². The van der Waals surface area contributed by atoms with Crippen molar-refractivity contribution in [2.24, 2.45) is 0 Å². The molecule has 1 saturated heterocycles. The SMILES string of the molecule is Cc1ccsc1CCC(=O)N1CCN(c2ncc(F)cn2)C(=O)C1. The number of rotatable bonds is 4. The van der Waals surface area contributed by atoms with E-state index in [0.717, 1.165) is 12.4 Å². The molecular weight excluding hydrogens is 331 g/mol. The number of hydrogen-bond donors (Lipinski definition) is 0. The highest BCUT2D eigenvalue weighted by Gasteiger charge is 2.29. The van der Waals surface area contributed by atoms with E-state index in [2.05, 4.69) is 9.97 Å². The zero-order valence-electron chi connectivity index (χ0n) is 13.2. The lowest BCUT2D eigenvalue weighted by molar-refractivity contribution is -0.136. The lowest BCUT2D eigenvalue weighted by Crippen LogP contribution is -2.53. The van der Waals surface area contributed by atoms with Gasteiger partial charge in [0, 0.05) is 24.4 Å². The van der Waals surface area contributed by atoms with Crippen LogP contribution in [-0.2, 0) is 16.0 Å². The Kier molecular flexibility index (Phi) is 4.84. The maximum Gasteiger partial charge on any atom is 0.249 e. The number of hydrogen-bond acceptors (Lipinski definition) is 5. The number of anilines is 1. The summed E-state index contributed by atoms with van der Waals surface area (Å²) in [6, 6.07) is 2.04. The molecule has 3 heterocycles. The van der Waals surface area contributed by atoms with Crippen LogP contribution in [0.15, 0.2) is 23.8 Å². The van der Waals surface area contributed by atoms with Crippen LogP contribution in [0.1, 0.15) is 16.9 Å². The van der Waals surface area contributed by atoms with E-state index < -0.39 is 5.82 Å². The molecule has 8 heteroatoms. The molecule has 6 nitrogen and oxygen atoms in total. The minimum Gasteiger partial charge on any atom is -0.332 e. The third-order valence-corrected chi connectivity index (χ3v) is 5.04. The Morgan fingerprint density at radius 1 is 1.33 bits per heavy atom. The fraction of sp³-hybridized carbons (Fsp3) is 0.375. The maximum atomic E-state index is 12.9. The van der Waals surface area contributed by atoms with Crippen LogP contribution >= 0.6 is 11.3 Å². The number of halogens is 1. The zero-order chi connectivity index (χ0) is 17.1. The molecule has 2 aromatic heterocycles. The molecule has 0 saturated carbocycles. The number of carbonyl (C=O) groups is 2. The summed E-state index contributed by atoms with van der Waals surface area (Å²) in [4.78, 5) is 36.3. The Morgan fingerprint density at radius 2 is 2.08 bits per heavy atom. The van der Waals surface area contributed by atoms with Crippen molar-refractivity contribution in [2.75, 3.05) is 24.5 Å². The summed E-state index contributed by atoms with van der Waals surface area (Å²) < 4.78 is 12.9. The average Bonchev–Trinajstić information content (AvgIpc) is 2.98. The molecule has 0 N–H and O–H groups in total. The first-order valence-electron chi connectivity index (χ1n) is 7.63. The highest BCUT2D eigenvalue weighted by atomic mass is 32.1. The van der Waals surface area contributed by atoms with Gasteiger partial charge in [-0.1, -0.05) is 0 Å². The lowest BCUT2D eigenvalue weighted by atomic mass is 10.2. The smallest absolute Gasteiger partial charge is 0.249 e. The van der Waals surface area contributed by atoms with Gasteiger partial charge in [0.15, 0.2) is 5.82 Å². The first kappa shape index (κ1) is 16.5. The molecule has 0 bridgehead atoms. The molecule has 24 heavy (non-hydrogen) atoms. The number of nitrogens with zero attached hydrogens (tertiary/aromatic N) is 4. The summed E-state index contributed by atoms with van der Waals surface area (Å²) in [5.41, 5.74) is 1.20. The van der Waals surface area contributed by atoms with E-state index in [1.54, 1.807) is 16.2 Å². The van der Waals surface area contributed by atoms with Crippen LogP contribution < -0.4 is 4.90 Å². The van der Waals surface area contributed by atoms with Crippen molar-refractivity contribution in [2.45, 2.75) is 19.8 Å². The summed E-state index contributed by atoms with van der Waals surface area (Å²) in [5, 5.41) is 2.01. The van der Waals surface area contributed by atoms with E-state index >= 15 is 0 Å². The van der Waals surface area contributed by atoms with Crippen LogP contribution in [-0.4, -0.2) is 46.3 Å². The molecule has 0 aromatic carbocycles. The summed E-state index contributed by atoms with van der Waals surface area (Å²) in [6.07, 6.45) is 3.13. The van der Waals surface area contributed by atoms with E-state index in [1.807, 2.05) is 18.4 Å². The van der Waals surface area contributed by atoms with Gasteiger partial charge in [0.2, 0.25) is 17.8 Å². The third-order valence-electron chi connectivity index (χ3n) is 3.96. The molecule has 1 aliphatic rings. The first-order chi connectivity index (χ1) is 11.5. The van der Waals surface area contributed by atoms with Crippen molar-refractivity contribution in [3.63, 3.8) is 0 Å². The maximum absolute atomic E-state index is 12.9. The molecule has 1 fully saturated rings. The molecule has 0 unspecified atom stereocenters. The molecule has 2 amide bonds. The van der Waals surface area contributed by atoms with Gasteiger partial charge in [-0.05, 0) is 30.4 Å². The van der Waals surface area contributed by atoms with Gasteiger partial charge in [-0.3, -0.25) is 14.5 Å². The minimum atomic E-state index is -0.552. The number of aryl methyl sites for hydroxylation is 2. The molecule has 0 radical (unpaired) electrons. The van der Waals surface area contributed by atoms with Gasteiger partial charge in [-0.2, -0.15) is 0 Å². The number of aromatic nitrogens is 2. The highest BCUT2D eigenvalue weighted by molar-refractivity contribution is 7.10. The van der Waals surface area contributed by atoms with Gasteiger partial charge in [0.25, 0.3) is 0 Å². The Balaban J connectivity index is 1.56. The second kappa shape index (κ2) is 7.04. The molecule has 126 valence electrons. The summed E-state index contributed by atoms with van der Waals surface area (Å²) in [5.74, 6) is -0.670. The molecule has 2 aromatic rings. The lowest BCUT2D eigenvalue weighted by Gasteiger charge is -2.33. The van der Waals surface area contributed by atoms with E-state index in [0.29, 0.717) is 25.9 Å². The number of amides is 2. The Bertz CT molecular complexity index is 747. The second-order valence-corrected chi connectivity index (χ2v) is 6.59. The fourth-order valence-electron chi connectivity index (χ4n) is 2.58. The highest BCUT2D eigenvalue weighted by Crippen LogP contribution is 2.18. The summed E-state index contributed by atoms with van der Waals surface area (Å²) in [6.45, 7) is 2.77. The second-order valence-electron chi connectivity index (χ2n) is 5.59. The minimum absolute atomic E-state index is 0.00297. The van der Waals surface area contributed by atoms with Crippen LogP contribution in [0, 0.1) is 12.7 Å². The quantitative estimate of drug-likeness (QED) is 0.845. The van der Waals surface area contributed by atoms with Gasteiger partial charge in [-0.15, -0.1) is 11.3 Å². The molecule has 0 aliphatic carbocycles. The van der Waals surface area contributed by atoms with Crippen LogP contribution in [0.3, 0.4) is 0 Å². The standard InChI is InChI=1S/C16H17FN4O2S/c1-11-4-7-24-13(11)2-3-14(22)20-5-6-21(15(23)10-20)16-18-8-12(17)9-19-16/h4,7-9H,2-3,5-6,10H2,1H3. The predicted octanol–water partition coefficient (Wildman–Crippen LogP) is 1.79. The van der Waals surface area contributed by atoms with E-state index in [4.69, 9.17) is 0 Å². The van der Waals surface area contributed by atoms with Crippen molar-refractivity contribution in [1.29, 1.82) is 0 Å². The predicted molar refractivity (Wildman–Crippen MR) is 88.3 cm³/mol. The fourth-order valence-corrected chi connectivity index (χ4v) is 3.49. The zero-order valence-corrected chi connectivity index (χ0v) is 14.1. The molecule has 1 aliphatic heterocycles. The molecule has 0 atom stereocenters. The van der Waals surface area contributed by atoms with Gasteiger partial charge in [-0.25, -0.2) is 14.4 Å². The van der Waals surface area contributed by atoms with Crippen LogP contribution in [0.2, 0.25) is 0 Å². The van der Waals surface area contributed by atoms with E-state index in [-0.39, 0.29) is 24.3 Å². The van der Waals surface area contributed by atoms with E-state index in [9.17, 15) is 14.0 Å². The largest absolute Gasteiger partial charge is 0.332 e. The normalized spacial score (nSPS) is 15.0. The molecular formula is C16H17FN4O2S. The summed E-state index contributed by atoms with van der Waals surface area (Å²) in [7, 11) is 0. The van der Waals surface area contributed by atoms with E-state index in [1.165, 1.54) is 15.3 Å². The average molecular weight is 348 g/mol. The Labute approximate surface area is 142 Å². The molecule has 0 spiro atoms. The van der Waals surface area contributed by atoms with Crippen LogP contribution in [0.25, 0.3) is 0 Å². The topological polar surface area (TPSA) is 66.4 Å². The molecule has 3 rings (SSSR count). The van der Waals surface area contributed by atoms with Gasteiger partial charge in [0.1, 0.15) is 6.54 Å². The van der Waals surface area contributed by atoms with Crippen molar-refractivity contribution in [3.8, 4) is 0 Å². The van der Waals surface area contributed by atoms with Crippen LogP contribution in [0.5, 0.6) is 0 Å².